The number of halogens is 1. The summed E-state index contributed by atoms with van der Waals surface area (Å²) in [7, 11) is 1.48. The van der Waals surface area contributed by atoms with Gasteiger partial charge in [-0.3, -0.25) is 19.2 Å². The number of ether oxygens (including phenoxy) is 2. The van der Waals surface area contributed by atoms with Crippen LogP contribution in [0.15, 0.2) is 127 Å². The third-order valence-electron chi connectivity index (χ3n) is 12.5. The molecule has 2 N–H and O–H groups in total. The molecule has 2 aliphatic rings. The number of hydrogen-bond acceptors (Lipinski definition) is 7. The number of alkyl carbamates (subject to hydrolysis) is 1. The molecule has 1 aliphatic heterocycles. The van der Waals surface area contributed by atoms with E-state index in [4.69, 9.17) is 21.1 Å². The number of rotatable bonds is 15. The van der Waals surface area contributed by atoms with Gasteiger partial charge in [0, 0.05) is 47.8 Å². The van der Waals surface area contributed by atoms with Crippen LogP contribution in [0.2, 0.25) is 5.02 Å². The van der Waals surface area contributed by atoms with Gasteiger partial charge in [0.1, 0.15) is 24.2 Å². The molecule has 1 unspecified atom stereocenters. The van der Waals surface area contributed by atoms with E-state index in [1.54, 1.807) is 50.8 Å². The summed E-state index contributed by atoms with van der Waals surface area (Å²) in [5, 5.41) is 5.95. The minimum atomic E-state index is -1.53. The fourth-order valence-electron chi connectivity index (χ4n) is 9.29. The Balaban J connectivity index is 1.10. The topological polar surface area (TPSA) is 134 Å². The molecule has 0 radical (unpaired) electrons. The Morgan fingerprint density at radius 3 is 1.92 bits per heavy atom. The summed E-state index contributed by atoms with van der Waals surface area (Å²) >= 11 is 6.92. The van der Waals surface area contributed by atoms with Gasteiger partial charge >= 0.3 is 12.1 Å². The highest BCUT2D eigenvalue weighted by molar-refractivity contribution is 6.31. The fourth-order valence-corrected chi connectivity index (χ4v) is 9.56. The maximum absolute atomic E-state index is 14.6. The predicted molar refractivity (Wildman–Crippen MR) is 251 cm³/mol. The lowest BCUT2D eigenvalue weighted by atomic mass is 9.79. The molecule has 0 saturated carbocycles. The highest BCUT2D eigenvalue weighted by Gasteiger charge is 2.45. The fraction of sp³-hybridized carbons (Fsp3) is 0.340. The van der Waals surface area contributed by atoms with Gasteiger partial charge in [0.2, 0.25) is 17.7 Å². The maximum Gasteiger partial charge on any atom is 0.408 e. The molecule has 7 rings (SSSR count). The molecule has 12 heteroatoms. The third-order valence-corrected chi connectivity index (χ3v) is 12.8. The first-order valence-electron chi connectivity index (χ1n) is 22.2. The normalized spacial score (nSPS) is 15.2. The number of carbonyl (C=O) groups is 5. The summed E-state index contributed by atoms with van der Waals surface area (Å²) in [5.74, 6) is -3.02. The molecular formula is C53H57ClN4O7. The van der Waals surface area contributed by atoms with Crippen molar-refractivity contribution in [3.05, 3.63) is 166 Å². The Bertz CT molecular complexity index is 2490. The van der Waals surface area contributed by atoms with Gasteiger partial charge in [0.25, 0.3) is 0 Å². The largest absolute Gasteiger partial charge is 0.449 e. The molecule has 338 valence electrons. The second-order valence-corrected chi connectivity index (χ2v) is 18.3. The zero-order valence-electron chi connectivity index (χ0n) is 37.8. The Morgan fingerprint density at radius 1 is 0.769 bits per heavy atom. The van der Waals surface area contributed by atoms with Crippen molar-refractivity contribution in [3.8, 4) is 11.1 Å². The van der Waals surface area contributed by atoms with Crippen molar-refractivity contribution in [3.63, 3.8) is 0 Å². The average molecular weight is 898 g/mol. The highest BCUT2D eigenvalue weighted by atomic mass is 35.5. The number of amides is 4. The molecule has 0 aromatic heterocycles. The maximum atomic E-state index is 14.6. The van der Waals surface area contributed by atoms with Crippen LogP contribution in [0.5, 0.6) is 0 Å². The Kier molecular flexibility index (Phi) is 14.1. The van der Waals surface area contributed by atoms with Gasteiger partial charge in [-0.1, -0.05) is 152 Å². The summed E-state index contributed by atoms with van der Waals surface area (Å²) < 4.78 is 12.4. The number of likely N-dealkylation sites (tertiary alicyclic amines) is 1. The summed E-state index contributed by atoms with van der Waals surface area (Å²) in [4.78, 5) is 74.0. The summed E-state index contributed by atoms with van der Waals surface area (Å²) in [6.45, 7) is 9.62. The van der Waals surface area contributed by atoms with E-state index in [9.17, 15) is 24.0 Å². The van der Waals surface area contributed by atoms with Crippen LogP contribution in [0, 0.1) is 12.8 Å². The van der Waals surface area contributed by atoms with E-state index in [2.05, 4.69) is 22.8 Å². The van der Waals surface area contributed by atoms with Gasteiger partial charge in [-0.2, -0.15) is 0 Å². The molecule has 1 heterocycles. The SMILES string of the molecule is Cc1ccc(C(OC(=O)C[C@H](NC(=O)[C@H](C(C)C)N(C)C(=O)C(C)(C)NC(=O)OCC2c3ccccc3-c3ccccc32)C(=O)N2CCCC2)(c2ccccc2)c2ccccc2Cl)cc1. The lowest BCUT2D eigenvalue weighted by Crippen LogP contribution is -2.62. The van der Waals surface area contributed by atoms with Gasteiger partial charge in [-0.15, -0.1) is 0 Å². The summed E-state index contributed by atoms with van der Waals surface area (Å²) in [5.41, 5.74) is 4.04. The number of carbonyl (C=O) groups excluding carboxylic acids is 5. The minimum absolute atomic E-state index is 0.0573. The van der Waals surface area contributed by atoms with E-state index in [0.717, 1.165) is 40.7 Å². The minimum Gasteiger partial charge on any atom is -0.449 e. The first kappa shape index (κ1) is 46.5. The molecule has 3 atom stereocenters. The quantitative estimate of drug-likeness (QED) is 0.0793. The molecule has 65 heavy (non-hydrogen) atoms. The molecule has 1 fully saturated rings. The van der Waals surface area contributed by atoms with Crippen molar-refractivity contribution in [2.45, 2.75) is 83.0 Å². The van der Waals surface area contributed by atoms with Crippen molar-refractivity contribution in [2.24, 2.45) is 5.92 Å². The van der Waals surface area contributed by atoms with Crippen LogP contribution in [0.1, 0.15) is 86.3 Å². The van der Waals surface area contributed by atoms with E-state index in [1.807, 2.05) is 104 Å². The van der Waals surface area contributed by atoms with Crippen molar-refractivity contribution < 1.29 is 33.4 Å². The highest BCUT2D eigenvalue weighted by Crippen LogP contribution is 2.45. The Morgan fingerprint density at radius 2 is 1.32 bits per heavy atom. The molecule has 0 bridgehead atoms. The molecule has 5 aromatic rings. The lowest BCUT2D eigenvalue weighted by Gasteiger charge is -2.37. The van der Waals surface area contributed by atoms with Crippen LogP contribution >= 0.6 is 11.6 Å². The molecule has 1 aliphatic carbocycles. The van der Waals surface area contributed by atoms with E-state index in [1.165, 1.54) is 11.9 Å². The molecule has 4 amide bonds. The Labute approximate surface area is 386 Å². The molecule has 1 saturated heterocycles. The number of nitrogens with one attached hydrogen (secondary N) is 2. The standard InChI is InChI=1S/C53H57ClN4O7/c1-34(2)47(57(6)50(62)52(4,5)56-51(63)64-33-42-40-22-12-10-20-38(40)39-21-11-13-23-41(39)42)48(60)55-45(49(61)58-30-16-17-31-58)32-46(59)65-53(36-18-8-7-9-19-36,37-28-26-35(3)27-29-37)43-24-14-15-25-44(43)54/h7-15,18-29,34,42,45,47H,16-17,30-33H2,1-6H3,(H,55,60)(H,56,63)/t45-,47-,53?/m0/s1. The lowest BCUT2D eigenvalue weighted by molar-refractivity contribution is -0.156. The van der Waals surface area contributed by atoms with E-state index in [0.29, 0.717) is 34.8 Å². The first-order chi connectivity index (χ1) is 31.1. The van der Waals surface area contributed by atoms with E-state index < -0.39 is 65.3 Å². The van der Waals surface area contributed by atoms with Gasteiger partial charge in [-0.25, -0.2) is 4.79 Å². The number of benzene rings is 5. The van der Waals surface area contributed by atoms with Crippen molar-refractivity contribution >= 4 is 41.4 Å². The van der Waals surface area contributed by atoms with Gasteiger partial charge in [0.15, 0.2) is 5.60 Å². The second-order valence-electron chi connectivity index (χ2n) is 17.8. The van der Waals surface area contributed by atoms with Crippen LogP contribution in [-0.2, 0) is 34.3 Å². The number of hydrogen-bond donors (Lipinski definition) is 2. The average Bonchev–Trinajstić information content (AvgIpc) is 3.95. The van der Waals surface area contributed by atoms with E-state index >= 15 is 0 Å². The summed E-state index contributed by atoms with van der Waals surface area (Å²) in [6, 6.07) is 37.6. The second kappa shape index (κ2) is 19.7. The smallest absolute Gasteiger partial charge is 0.408 e. The first-order valence-corrected chi connectivity index (χ1v) is 22.6. The molecular weight excluding hydrogens is 840 g/mol. The van der Waals surface area contributed by atoms with Crippen molar-refractivity contribution in [1.29, 1.82) is 0 Å². The number of likely N-dealkylation sites (N-methyl/N-ethyl adjacent to an activating group) is 1. The predicted octanol–water partition coefficient (Wildman–Crippen LogP) is 8.78. The van der Waals surface area contributed by atoms with Crippen LogP contribution < -0.4 is 10.6 Å². The van der Waals surface area contributed by atoms with Crippen LogP contribution in [0.4, 0.5) is 4.79 Å². The number of aryl methyl sites for hydroxylation is 1. The van der Waals surface area contributed by atoms with Crippen LogP contribution in [0.3, 0.4) is 0 Å². The van der Waals surface area contributed by atoms with Gasteiger partial charge in [-0.05, 0) is 67.9 Å². The number of fused-ring (bicyclic) bond motifs is 3. The van der Waals surface area contributed by atoms with Crippen LogP contribution in [0.25, 0.3) is 11.1 Å². The zero-order chi connectivity index (χ0) is 46.5. The molecule has 11 nitrogen and oxygen atoms in total. The van der Waals surface area contributed by atoms with Crippen molar-refractivity contribution in [2.75, 3.05) is 26.7 Å². The monoisotopic (exact) mass is 896 g/mol. The zero-order valence-corrected chi connectivity index (χ0v) is 38.6. The van der Waals surface area contributed by atoms with Gasteiger partial charge in [0.05, 0.1) is 6.42 Å². The summed E-state index contributed by atoms with van der Waals surface area (Å²) in [6.07, 6.45) is 0.272. The van der Waals surface area contributed by atoms with Crippen LogP contribution in [-0.4, -0.2) is 84.0 Å². The van der Waals surface area contributed by atoms with E-state index in [-0.39, 0.29) is 12.5 Å². The number of esters is 1. The Hall–Kier alpha value is -6.46. The molecule has 5 aromatic carbocycles. The third kappa shape index (κ3) is 9.81. The van der Waals surface area contributed by atoms with Crippen molar-refractivity contribution in [1.82, 2.24) is 20.4 Å². The van der Waals surface area contributed by atoms with Gasteiger partial charge < -0.3 is 29.9 Å². The molecule has 0 spiro atoms. The number of nitrogens with zero attached hydrogens (tertiary/aromatic N) is 2.